The van der Waals surface area contributed by atoms with Crippen LogP contribution in [0.25, 0.3) is 0 Å². The standard InChI is InChI=1S/C20H24ClN5O5S/c1-13-19(14(2)31-23-13)32(29,30)25-10-8-24(9-11-25)20(28)22-17-12-15(5-6-16(17)21)26-7-3-4-18(26)27/h5-6,12H,3-4,7-11H2,1-2H3,(H,22,28). The topological polar surface area (TPSA) is 116 Å². The van der Waals surface area contributed by atoms with Gasteiger partial charge in [0.2, 0.25) is 15.9 Å². The van der Waals surface area contributed by atoms with E-state index in [2.05, 4.69) is 10.5 Å². The molecule has 2 aliphatic heterocycles. The highest BCUT2D eigenvalue weighted by atomic mass is 35.5. The highest BCUT2D eigenvalue weighted by Gasteiger charge is 2.34. The number of nitrogens with one attached hydrogen (secondary N) is 1. The second-order valence-electron chi connectivity index (χ2n) is 7.79. The Morgan fingerprint density at radius 1 is 1.16 bits per heavy atom. The van der Waals surface area contributed by atoms with E-state index in [0.717, 1.165) is 6.42 Å². The van der Waals surface area contributed by atoms with E-state index in [1.807, 2.05) is 0 Å². The van der Waals surface area contributed by atoms with Gasteiger partial charge in [-0.25, -0.2) is 13.2 Å². The van der Waals surface area contributed by atoms with Crippen LogP contribution in [0.4, 0.5) is 16.2 Å². The average Bonchev–Trinajstić information content (AvgIpc) is 3.34. The van der Waals surface area contributed by atoms with Crippen molar-refractivity contribution in [3.63, 3.8) is 0 Å². The van der Waals surface area contributed by atoms with Crippen LogP contribution in [0.15, 0.2) is 27.6 Å². The Morgan fingerprint density at radius 3 is 2.47 bits per heavy atom. The Balaban J connectivity index is 1.42. The fourth-order valence-corrected chi connectivity index (χ4v) is 5.87. The monoisotopic (exact) mass is 481 g/mol. The number of aryl methyl sites for hydroxylation is 2. The number of hydrogen-bond acceptors (Lipinski definition) is 6. The van der Waals surface area contributed by atoms with Crippen molar-refractivity contribution >= 4 is 44.9 Å². The number of aromatic nitrogens is 1. The molecule has 0 saturated carbocycles. The Labute approximate surface area is 191 Å². The molecule has 2 fully saturated rings. The summed E-state index contributed by atoms with van der Waals surface area (Å²) in [6.07, 6.45) is 1.30. The Kier molecular flexibility index (Phi) is 6.15. The smallest absolute Gasteiger partial charge is 0.321 e. The molecule has 2 aliphatic rings. The summed E-state index contributed by atoms with van der Waals surface area (Å²) in [4.78, 5) is 28.1. The molecule has 0 unspecified atom stereocenters. The van der Waals surface area contributed by atoms with E-state index in [1.165, 1.54) is 9.21 Å². The lowest BCUT2D eigenvalue weighted by atomic mass is 10.2. The van der Waals surface area contributed by atoms with Gasteiger partial charge >= 0.3 is 6.03 Å². The zero-order valence-electron chi connectivity index (χ0n) is 17.8. The van der Waals surface area contributed by atoms with E-state index in [1.54, 1.807) is 36.9 Å². The van der Waals surface area contributed by atoms with Gasteiger partial charge in [-0.3, -0.25) is 4.79 Å². The van der Waals surface area contributed by atoms with E-state index in [0.29, 0.717) is 35.1 Å². The van der Waals surface area contributed by atoms with Gasteiger partial charge in [-0.15, -0.1) is 0 Å². The van der Waals surface area contributed by atoms with Crippen molar-refractivity contribution in [1.29, 1.82) is 0 Å². The summed E-state index contributed by atoms with van der Waals surface area (Å²) in [6, 6.07) is 4.69. The van der Waals surface area contributed by atoms with Crippen LogP contribution in [-0.2, 0) is 14.8 Å². The molecule has 0 bridgehead atoms. The molecule has 12 heteroatoms. The fourth-order valence-electron chi connectivity index (χ4n) is 4.00. The largest absolute Gasteiger partial charge is 0.360 e. The predicted octanol–water partition coefficient (Wildman–Crippen LogP) is 2.61. The molecule has 1 N–H and O–H groups in total. The number of anilines is 2. The molecule has 32 heavy (non-hydrogen) atoms. The SMILES string of the molecule is Cc1noc(C)c1S(=O)(=O)N1CCN(C(=O)Nc2cc(N3CCCC3=O)ccc2Cl)CC1. The number of nitrogens with zero attached hydrogens (tertiary/aromatic N) is 4. The van der Waals surface area contributed by atoms with E-state index < -0.39 is 10.0 Å². The maximum Gasteiger partial charge on any atom is 0.321 e. The number of sulfonamides is 1. The van der Waals surface area contributed by atoms with Gasteiger partial charge in [0.15, 0.2) is 5.76 Å². The number of rotatable bonds is 4. The van der Waals surface area contributed by atoms with Crippen molar-refractivity contribution in [3.05, 3.63) is 34.7 Å². The fraction of sp³-hybridized carbons (Fsp3) is 0.450. The van der Waals surface area contributed by atoms with Crippen LogP contribution in [0.1, 0.15) is 24.3 Å². The molecule has 1 aromatic carbocycles. The molecule has 3 amide bonds. The van der Waals surface area contributed by atoms with Crippen molar-refractivity contribution < 1.29 is 22.5 Å². The molecule has 0 radical (unpaired) electrons. The molecule has 0 spiro atoms. The number of benzene rings is 1. The maximum atomic E-state index is 12.9. The van der Waals surface area contributed by atoms with Crippen molar-refractivity contribution in [1.82, 2.24) is 14.4 Å². The molecule has 0 atom stereocenters. The molecule has 4 rings (SSSR count). The lowest BCUT2D eigenvalue weighted by Gasteiger charge is -2.34. The van der Waals surface area contributed by atoms with Crippen LogP contribution in [0.5, 0.6) is 0 Å². The van der Waals surface area contributed by atoms with Crippen molar-refractivity contribution in [2.45, 2.75) is 31.6 Å². The summed E-state index contributed by atoms with van der Waals surface area (Å²) in [5, 5.41) is 6.86. The van der Waals surface area contributed by atoms with E-state index in [-0.39, 0.29) is 48.8 Å². The van der Waals surface area contributed by atoms with Crippen molar-refractivity contribution in [2.24, 2.45) is 0 Å². The van der Waals surface area contributed by atoms with Crippen LogP contribution in [-0.4, -0.2) is 67.4 Å². The minimum Gasteiger partial charge on any atom is -0.360 e. The summed E-state index contributed by atoms with van der Waals surface area (Å²) in [7, 11) is -3.75. The van der Waals surface area contributed by atoms with Crippen LogP contribution >= 0.6 is 11.6 Å². The van der Waals surface area contributed by atoms with Gasteiger partial charge in [0, 0.05) is 44.8 Å². The zero-order valence-corrected chi connectivity index (χ0v) is 19.4. The van der Waals surface area contributed by atoms with Gasteiger partial charge in [-0.1, -0.05) is 16.8 Å². The van der Waals surface area contributed by atoms with Crippen LogP contribution in [0, 0.1) is 13.8 Å². The first-order chi connectivity index (χ1) is 15.2. The minimum atomic E-state index is -3.75. The molecule has 0 aliphatic carbocycles. The van der Waals surface area contributed by atoms with Gasteiger partial charge in [-0.2, -0.15) is 4.31 Å². The molecular weight excluding hydrogens is 458 g/mol. The lowest BCUT2D eigenvalue weighted by Crippen LogP contribution is -2.51. The van der Waals surface area contributed by atoms with Gasteiger partial charge in [0.05, 0.1) is 10.7 Å². The third-order valence-corrected chi connectivity index (χ3v) is 8.14. The predicted molar refractivity (Wildman–Crippen MR) is 118 cm³/mol. The quantitative estimate of drug-likeness (QED) is 0.717. The Hall–Kier alpha value is -2.63. The number of hydrogen-bond donors (Lipinski definition) is 1. The average molecular weight is 482 g/mol. The number of halogens is 1. The number of amides is 3. The first kappa shape index (κ1) is 22.6. The van der Waals surface area contributed by atoms with Crippen molar-refractivity contribution in [3.8, 4) is 0 Å². The maximum absolute atomic E-state index is 12.9. The summed E-state index contributed by atoms with van der Waals surface area (Å²) in [6.45, 7) is 4.51. The van der Waals surface area contributed by atoms with Crippen LogP contribution < -0.4 is 10.2 Å². The summed E-state index contributed by atoms with van der Waals surface area (Å²) < 4.78 is 32.2. The highest BCUT2D eigenvalue weighted by molar-refractivity contribution is 7.89. The number of urea groups is 1. The molecule has 2 saturated heterocycles. The van der Waals surface area contributed by atoms with Crippen LogP contribution in [0.3, 0.4) is 0 Å². The Morgan fingerprint density at radius 2 is 1.88 bits per heavy atom. The molecule has 3 heterocycles. The first-order valence-electron chi connectivity index (χ1n) is 10.3. The normalized spacial score (nSPS) is 17.8. The Bertz CT molecular complexity index is 1140. The number of carbonyl (C=O) groups excluding carboxylic acids is 2. The lowest BCUT2D eigenvalue weighted by molar-refractivity contribution is -0.117. The van der Waals surface area contributed by atoms with E-state index >= 15 is 0 Å². The molecule has 1 aromatic heterocycles. The second-order valence-corrected chi connectivity index (χ2v) is 10.1. The highest BCUT2D eigenvalue weighted by Crippen LogP contribution is 2.30. The van der Waals surface area contributed by atoms with Gasteiger partial charge in [0.25, 0.3) is 0 Å². The van der Waals surface area contributed by atoms with Gasteiger partial charge in [-0.05, 0) is 38.5 Å². The van der Waals surface area contributed by atoms with Crippen LogP contribution in [0.2, 0.25) is 5.02 Å². The number of piperazine rings is 1. The van der Waals surface area contributed by atoms with Crippen molar-refractivity contribution in [2.75, 3.05) is 42.9 Å². The molecule has 2 aromatic rings. The second kappa shape index (κ2) is 8.72. The summed E-state index contributed by atoms with van der Waals surface area (Å²) >= 11 is 6.25. The number of carbonyl (C=O) groups is 2. The first-order valence-corrected chi connectivity index (χ1v) is 12.1. The van der Waals surface area contributed by atoms with Gasteiger partial charge < -0.3 is 19.6 Å². The molecular formula is C20H24ClN5O5S. The minimum absolute atomic E-state index is 0.0419. The summed E-state index contributed by atoms with van der Waals surface area (Å²) in [5.74, 6) is 0.286. The molecule has 10 nitrogen and oxygen atoms in total. The summed E-state index contributed by atoms with van der Waals surface area (Å²) in [5.41, 5.74) is 1.40. The van der Waals surface area contributed by atoms with E-state index in [4.69, 9.17) is 16.1 Å². The zero-order chi connectivity index (χ0) is 23.0. The molecule has 172 valence electrons. The van der Waals surface area contributed by atoms with E-state index in [9.17, 15) is 18.0 Å². The third kappa shape index (κ3) is 4.19. The van der Waals surface area contributed by atoms with Gasteiger partial charge in [0.1, 0.15) is 10.6 Å². The third-order valence-electron chi connectivity index (χ3n) is 5.67.